The normalized spacial score (nSPS) is 26.8. The number of amides is 1. The van der Waals surface area contributed by atoms with Crippen LogP contribution in [-0.2, 0) is 9.53 Å². The number of aliphatic hydroxyl groups is 1. The minimum Gasteiger partial charge on any atom is -0.465 e. The van der Waals surface area contributed by atoms with Gasteiger partial charge in [-0.05, 0) is 35.3 Å². The lowest BCUT2D eigenvalue weighted by molar-refractivity contribution is -0.162. The van der Waals surface area contributed by atoms with Crippen molar-refractivity contribution in [2.45, 2.75) is 84.9 Å². The van der Waals surface area contributed by atoms with Crippen LogP contribution in [-0.4, -0.2) is 45.4 Å². The summed E-state index contributed by atoms with van der Waals surface area (Å²) in [6, 6.07) is 6.73. The second-order valence-corrected chi connectivity index (χ2v) is 9.63. The molecule has 6 heteroatoms. The second kappa shape index (κ2) is 8.96. The zero-order valence-electron chi connectivity index (χ0n) is 19.3. The third-order valence-electron chi connectivity index (χ3n) is 6.29. The Morgan fingerprint density at radius 2 is 1.80 bits per heavy atom. The first-order chi connectivity index (χ1) is 13.9. The van der Waals surface area contributed by atoms with Gasteiger partial charge in [0.2, 0.25) is 0 Å². The number of carbonyl (C=O) groups is 2. The van der Waals surface area contributed by atoms with Crippen molar-refractivity contribution < 1.29 is 24.5 Å². The highest BCUT2D eigenvalue weighted by Crippen LogP contribution is 2.56. The van der Waals surface area contributed by atoms with Crippen molar-refractivity contribution in [2.24, 2.45) is 11.3 Å². The van der Waals surface area contributed by atoms with E-state index < -0.39 is 41.1 Å². The van der Waals surface area contributed by atoms with Crippen LogP contribution in [0, 0.1) is 11.3 Å². The number of carbonyl (C=O) groups excluding carboxylic acids is 1. The van der Waals surface area contributed by atoms with E-state index in [-0.39, 0.29) is 18.9 Å². The molecule has 0 aromatic heterocycles. The molecule has 0 saturated carbocycles. The zero-order valence-corrected chi connectivity index (χ0v) is 19.3. The number of rotatable bonds is 6. The van der Waals surface area contributed by atoms with Crippen LogP contribution < -0.4 is 0 Å². The maximum Gasteiger partial charge on any atom is 0.408 e. The highest BCUT2D eigenvalue weighted by Gasteiger charge is 2.67. The van der Waals surface area contributed by atoms with Crippen molar-refractivity contribution in [3.8, 4) is 0 Å². The molecule has 0 aliphatic carbocycles. The molecule has 1 heterocycles. The number of carboxylic acid groups (broad SMARTS) is 1. The topological polar surface area (TPSA) is 87.1 Å². The van der Waals surface area contributed by atoms with Crippen molar-refractivity contribution in [1.29, 1.82) is 0 Å². The Morgan fingerprint density at radius 3 is 2.27 bits per heavy atom. The fraction of sp³-hybridized carbons (Fsp3) is 0.667. The lowest BCUT2D eigenvalue weighted by Gasteiger charge is -2.43. The number of aliphatic hydroxyl groups excluding tert-OH is 1. The minimum absolute atomic E-state index is 0.140. The molecule has 0 radical (unpaired) electrons. The number of esters is 1. The zero-order chi connectivity index (χ0) is 22.9. The lowest BCUT2D eigenvalue weighted by atomic mass is 9.66. The van der Waals surface area contributed by atoms with Gasteiger partial charge in [0.1, 0.15) is 5.54 Å². The van der Waals surface area contributed by atoms with E-state index >= 15 is 0 Å². The van der Waals surface area contributed by atoms with Crippen molar-refractivity contribution in [3.05, 3.63) is 35.4 Å². The number of hydrogen-bond donors (Lipinski definition) is 2. The number of benzene rings is 1. The molecular weight excluding hydrogens is 382 g/mol. The minimum atomic E-state index is -1.46. The Labute approximate surface area is 180 Å². The second-order valence-electron chi connectivity index (χ2n) is 9.63. The molecule has 1 fully saturated rings. The van der Waals surface area contributed by atoms with Crippen molar-refractivity contribution in [2.75, 3.05) is 6.61 Å². The van der Waals surface area contributed by atoms with E-state index in [4.69, 9.17) is 4.74 Å². The molecule has 1 aliphatic rings. The van der Waals surface area contributed by atoms with Crippen LogP contribution in [0.5, 0.6) is 0 Å². The number of likely N-dealkylation sites (tertiary alicyclic amines) is 1. The van der Waals surface area contributed by atoms with Gasteiger partial charge in [-0.3, -0.25) is 4.90 Å². The van der Waals surface area contributed by atoms with E-state index in [2.05, 4.69) is 0 Å². The quantitative estimate of drug-likeness (QED) is 0.636. The summed E-state index contributed by atoms with van der Waals surface area (Å²) < 4.78 is 5.53. The summed E-state index contributed by atoms with van der Waals surface area (Å²) in [5.74, 6) is -1.06. The molecule has 168 valence electrons. The molecule has 2 rings (SSSR count). The van der Waals surface area contributed by atoms with Gasteiger partial charge in [0.15, 0.2) is 0 Å². The number of hydrogen-bond acceptors (Lipinski definition) is 4. The molecule has 4 atom stereocenters. The van der Waals surface area contributed by atoms with Gasteiger partial charge in [-0.25, -0.2) is 9.59 Å². The molecule has 1 saturated heterocycles. The van der Waals surface area contributed by atoms with Gasteiger partial charge < -0.3 is 14.9 Å². The van der Waals surface area contributed by atoms with E-state index in [1.54, 1.807) is 6.92 Å². The highest BCUT2D eigenvalue weighted by atomic mass is 16.5. The molecule has 1 aromatic carbocycles. The van der Waals surface area contributed by atoms with Crippen LogP contribution in [0.15, 0.2) is 24.3 Å². The van der Waals surface area contributed by atoms with Crippen LogP contribution in [0.1, 0.15) is 84.4 Å². The molecule has 2 N–H and O–H groups in total. The molecule has 6 nitrogen and oxygen atoms in total. The first kappa shape index (κ1) is 24.2. The van der Waals surface area contributed by atoms with Gasteiger partial charge in [-0.15, -0.1) is 0 Å². The fourth-order valence-electron chi connectivity index (χ4n) is 5.24. The predicted molar refractivity (Wildman–Crippen MR) is 116 cm³/mol. The Balaban J connectivity index is 2.80. The van der Waals surface area contributed by atoms with Gasteiger partial charge >= 0.3 is 12.1 Å². The van der Waals surface area contributed by atoms with Crippen molar-refractivity contribution in [3.63, 3.8) is 0 Å². The summed E-state index contributed by atoms with van der Waals surface area (Å²) in [7, 11) is 0. The number of nitrogens with zero attached hydrogens (tertiary/aromatic N) is 1. The Bertz CT molecular complexity index is 769. The summed E-state index contributed by atoms with van der Waals surface area (Å²) in [5.41, 5.74) is -0.284. The van der Waals surface area contributed by atoms with Crippen LogP contribution in [0.3, 0.4) is 0 Å². The summed E-state index contributed by atoms with van der Waals surface area (Å²) >= 11 is 0. The highest BCUT2D eigenvalue weighted by molar-refractivity contribution is 5.87. The van der Waals surface area contributed by atoms with Gasteiger partial charge in [0, 0.05) is 5.92 Å². The summed E-state index contributed by atoms with van der Waals surface area (Å²) in [4.78, 5) is 27.3. The van der Waals surface area contributed by atoms with Crippen LogP contribution in [0.4, 0.5) is 4.79 Å². The molecule has 1 aromatic rings. The summed E-state index contributed by atoms with van der Waals surface area (Å²) in [6.45, 7) is 13.8. The third kappa shape index (κ3) is 3.94. The average molecular weight is 420 g/mol. The Kier molecular flexibility index (Phi) is 7.23. The van der Waals surface area contributed by atoms with Gasteiger partial charge in [0.25, 0.3) is 0 Å². The van der Waals surface area contributed by atoms with E-state index in [1.165, 1.54) is 4.90 Å². The Morgan fingerprint density at radius 1 is 1.20 bits per heavy atom. The lowest BCUT2D eigenvalue weighted by Crippen LogP contribution is -2.59. The van der Waals surface area contributed by atoms with Crippen LogP contribution >= 0.6 is 0 Å². The van der Waals surface area contributed by atoms with E-state index in [0.29, 0.717) is 6.42 Å². The standard InChI is InChI=1S/C24H37NO5/c1-8-14-30-21(27)24(9-2)20(23(5,6)7)19(26)18(25(24)22(28)29)17-13-11-10-12-16(17)15(3)4/h10-13,15,18-20,26H,8-9,14H2,1-7H3,(H,28,29). The van der Waals surface area contributed by atoms with Crippen molar-refractivity contribution >= 4 is 12.1 Å². The summed E-state index contributed by atoms with van der Waals surface area (Å²) in [5, 5.41) is 21.9. The molecule has 1 amide bonds. The molecule has 0 spiro atoms. The molecule has 1 aliphatic heterocycles. The SMILES string of the molecule is CCCOC(=O)C1(CC)C(C(C)(C)C)C(O)C(c2ccccc2C(C)C)N1C(=O)O. The maximum absolute atomic E-state index is 13.4. The molecular formula is C24H37NO5. The van der Waals surface area contributed by atoms with Gasteiger partial charge in [0.05, 0.1) is 18.8 Å². The largest absolute Gasteiger partial charge is 0.465 e. The monoisotopic (exact) mass is 419 g/mol. The average Bonchev–Trinajstić information content (AvgIpc) is 2.95. The van der Waals surface area contributed by atoms with Gasteiger partial charge in [-0.2, -0.15) is 0 Å². The molecule has 4 unspecified atom stereocenters. The third-order valence-corrected chi connectivity index (χ3v) is 6.29. The molecule has 30 heavy (non-hydrogen) atoms. The van der Waals surface area contributed by atoms with Crippen LogP contribution in [0.25, 0.3) is 0 Å². The van der Waals surface area contributed by atoms with E-state index in [0.717, 1.165) is 11.1 Å². The smallest absolute Gasteiger partial charge is 0.408 e. The van der Waals surface area contributed by atoms with Crippen LogP contribution in [0.2, 0.25) is 0 Å². The maximum atomic E-state index is 13.4. The fourth-order valence-corrected chi connectivity index (χ4v) is 5.24. The van der Waals surface area contributed by atoms with Crippen molar-refractivity contribution in [1.82, 2.24) is 4.90 Å². The first-order valence-electron chi connectivity index (χ1n) is 10.9. The number of ether oxygens (including phenoxy) is 1. The van der Waals surface area contributed by atoms with E-state index in [1.807, 2.05) is 65.8 Å². The van der Waals surface area contributed by atoms with Gasteiger partial charge in [-0.1, -0.05) is 72.7 Å². The van der Waals surface area contributed by atoms with E-state index in [9.17, 15) is 19.8 Å². The molecule has 0 bridgehead atoms. The summed E-state index contributed by atoms with van der Waals surface area (Å²) in [6.07, 6.45) is -1.41. The Hall–Kier alpha value is -2.08. The predicted octanol–water partition coefficient (Wildman–Crippen LogP) is 4.97. The first-order valence-corrected chi connectivity index (χ1v) is 10.9.